The van der Waals surface area contributed by atoms with Crippen LogP contribution in [0.25, 0.3) is 0 Å². The molecule has 1 rings (SSSR count). The number of amides is 1. The predicted molar refractivity (Wildman–Crippen MR) is 54.8 cm³/mol. The molecule has 0 saturated heterocycles. The topological polar surface area (TPSA) is 82.2 Å². The van der Waals surface area contributed by atoms with Crippen molar-refractivity contribution in [2.24, 2.45) is 0 Å². The Hall–Kier alpha value is -1.62. The highest BCUT2D eigenvalue weighted by molar-refractivity contribution is 5.97. The summed E-state index contributed by atoms with van der Waals surface area (Å²) in [6, 6.07) is 3.09. The molecule has 1 atom stereocenters. The Morgan fingerprint density at radius 2 is 2.07 bits per heavy atom. The average molecular weight is 210 g/mol. The number of hydrogen-bond donors (Lipinski definition) is 3. The fraction of sp³-hybridized carbons (Fsp3) is 0.400. The number of H-pyrrole nitrogens is 1. The van der Waals surface area contributed by atoms with E-state index in [0.29, 0.717) is 11.4 Å². The number of hydrogen-bond acceptors (Lipinski definition) is 3. The van der Waals surface area contributed by atoms with Gasteiger partial charge in [-0.2, -0.15) is 0 Å². The van der Waals surface area contributed by atoms with Crippen LogP contribution in [0, 0.1) is 0 Å². The van der Waals surface area contributed by atoms with Crippen LogP contribution in [0.1, 0.15) is 34.8 Å². The van der Waals surface area contributed by atoms with Gasteiger partial charge in [0.05, 0.1) is 11.8 Å². The van der Waals surface area contributed by atoms with Crippen molar-refractivity contribution in [2.45, 2.75) is 20.0 Å². The summed E-state index contributed by atoms with van der Waals surface area (Å²) in [4.78, 5) is 25.1. The first-order valence-electron chi connectivity index (χ1n) is 4.67. The number of aromatic nitrogens is 1. The Kier molecular flexibility index (Phi) is 3.62. The Balaban J connectivity index is 2.62. The molecule has 3 N–H and O–H groups in total. The van der Waals surface area contributed by atoms with E-state index in [1.165, 1.54) is 13.0 Å². The summed E-state index contributed by atoms with van der Waals surface area (Å²) in [6.07, 6.45) is -0.587. The van der Waals surface area contributed by atoms with Crippen molar-refractivity contribution in [3.8, 4) is 0 Å². The number of aromatic amines is 1. The van der Waals surface area contributed by atoms with Gasteiger partial charge in [-0.15, -0.1) is 0 Å². The highest BCUT2D eigenvalue weighted by atomic mass is 16.3. The highest BCUT2D eigenvalue weighted by Gasteiger charge is 2.10. The van der Waals surface area contributed by atoms with Crippen LogP contribution in [-0.2, 0) is 0 Å². The van der Waals surface area contributed by atoms with E-state index in [2.05, 4.69) is 10.3 Å². The molecule has 0 bridgehead atoms. The molecule has 1 heterocycles. The van der Waals surface area contributed by atoms with Crippen LogP contribution in [0.2, 0.25) is 0 Å². The van der Waals surface area contributed by atoms with Crippen molar-refractivity contribution in [3.05, 3.63) is 23.5 Å². The molecule has 0 fully saturated rings. The Morgan fingerprint density at radius 1 is 1.47 bits per heavy atom. The average Bonchev–Trinajstić information content (AvgIpc) is 2.62. The van der Waals surface area contributed by atoms with E-state index in [1.54, 1.807) is 13.0 Å². The second-order valence-corrected chi connectivity index (χ2v) is 3.40. The number of carbonyl (C=O) groups excluding carboxylic acids is 2. The largest absolute Gasteiger partial charge is 0.392 e. The number of aliphatic hydroxyl groups is 1. The van der Waals surface area contributed by atoms with E-state index in [4.69, 9.17) is 5.11 Å². The number of ketones is 1. The van der Waals surface area contributed by atoms with Crippen molar-refractivity contribution in [2.75, 3.05) is 6.54 Å². The molecule has 0 saturated carbocycles. The monoisotopic (exact) mass is 210 g/mol. The molecule has 5 heteroatoms. The fourth-order valence-electron chi connectivity index (χ4n) is 1.07. The van der Waals surface area contributed by atoms with Crippen LogP contribution in [0.3, 0.4) is 0 Å². The number of aliphatic hydroxyl groups excluding tert-OH is 1. The lowest BCUT2D eigenvalue weighted by molar-refractivity contribution is 0.0919. The highest BCUT2D eigenvalue weighted by Crippen LogP contribution is 2.02. The second-order valence-electron chi connectivity index (χ2n) is 3.40. The normalized spacial score (nSPS) is 12.2. The molecule has 82 valence electrons. The zero-order valence-corrected chi connectivity index (χ0v) is 8.70. The summed E-state index contributed by atoms with van der Waals surface area (Å²) in [7, 11) is 0. The molecule has 0 radical (unpaired) electrons. The first kappa shape index (κ1) is 11.5. The molecule has 0 aliphatic heterocycles. The quantitative estimate of drug-likeness (QED) is 0.626. The summed E-state index contributed by atoms with van der Waals surface area (Å²) < 4.78 is 0. The van der Waals surface area contributed by atoms with Crippen molar-refractivity contribution in [3.63, 3.8) is 0 Å². The molecule has 0 spiro atoms. The van der Waals surface area contributed by atoms with Gasteiger partial charge >= 0.3 is 0 Å². The van der Waals surface area contributed by atoms with Gasteiger partial charge in [0.1, 0.15) is 5.69 Å². The molecule has 0 aliphatic carbocycles. The van der Waals surface area contributed by atoms with Crippen molar-refractivity contribution in [1.82, 2.24) is 10.3 Å². The fourth-order valence-corrected chi connectivity index (χ4v) is 1.07. The summed E-state index contributed by atoms with van der Waals surface area (Å²) in [5.41, 5.74) is 0.720. The minimum absolute atomic E-state index is 0.121. The molecule has 0 aromatic carbocycles. The number of carbonyl (C=O) groups is 2. The van der Waals surface area contributed by atoms with Crippen LogP contribution >= 0.6 is 0 Å². The van der Waals surface area contributed by atoms with Crippen LogP contribution < -0.4 is 5.32 Å². The Bertz CT molecular complexity index is 368. The molecule has 1 amide bonds. The zero-order chi connectivity index (χ0) is 11.4. The lowest BCUT2D eigenvalue weighted by Crippen LogP contribution is -2.30. The van der Waals surface area contributed by atoms with E-state index < -0.39 is 6.10 Å². The minimum Gasteiger partial charge on any atom is -0.392 e. The Labute approximate surface area is 87.5 Å². The molecule has 1 unspecified atom stereocenters. The van der Waals surface area contributed by atoms with E-state index >= 15 is 0 Å². The maximum Gasteiger partial charge on any atom is 0.267 e. The third kappa shape index (κ3) is 3.21. The standard InChI is InChI=1S/C10H14N2O3/c1-6(13)5-11-10(15)9-4-3-8(12-9)7(2)14/h3-4,6,12-13H,5H2,1-2H3,(H,11,15). The van der Waals surface area contributed by atoms with Crippen molar-refractivity contribution >= 4 is 11.7 Å². The SMILES string of the molecule is CC(=O)c1ccc(C(=O)NCC(C)O)[nH]1. The van der Waals surface area contributed by atoms with Gasteiger partial charge < -0.3 is 15.4 Å². The van der Waals surface area contributed by atoms with E-state index in [0.717, 1.165) is 0 Å². The van der Waals surface area contributed by atoms with Crippen LogP contribution in [0.15, 0.2) is 12.1 Å². The van der Waals surface area contributed by atoms with Gasteiger partial charge in [0.15, 0.2) is 5.78 Å². The summed E-state index contributed by atoms with van der Waals surface area (Å²) in [6.45, 7) is 3.19. The summed E-state index contributed by atoms with van der Waals surface area (Å²) >= 11 is 0. The van der Waals surface area contributed by atoms with Gasteiger partial charge in [-0.05, 0) is 19.1 Å². The number of Topliss-reactive ketones (excluding diaryl/α,β-unsaturated/α-hetero) is 1. The van der Waals surface area contributed by atoms with E-state index in [-0.39, 0.29) is 18.2 Å². The summed E-state index contributed by atoms with van der Waals surface area (Å²) in [5, 5.41) is 11.5. The lowest BCUT2D eigenvalue weighted by Gasteiger charge is -2.05. The van der Waals surface area contributed by atoms with Gasteiger partial charge in [0.25, 0.3) is 5.91 Å². The van der Waals surface area contributed by atoms with E-state index in [1.807, 2.05) is 0 Å². The van der Waals surface area contributed by atoms with E-state index in [9.17, 15) is 9.59 Å². The molecular weight excluding hydrogens is 196 g/mol. The third-order valence-electron chi connectivity index (χ3n) is 1.87. The molecule has 0 aliphatic rings. The molecule has 1 aromatic rings. The molecular formula is C10H14N2O3. The minimum atomic E-state index is -0.587. The first-order chi connectivity index (χ1) is 7.00. The van der Waals surface area contributed by atoms with Crippen LogP contribution in [0.4, 0.5) is 0 Å². The second kappa shape index (κ2) is 4.75. The lowest BCUT2D eigenvalue weighted by atomic mass is 10.3. The zero-order valence-electron chi connectivity index (χ0n) is 8.70. The molecule has 5 nitrogen and oxygen atoms in total. The number of nitrogens with one attached hydrogen (secondary N) is 2. The summed E-state index contributed by atoms with van der Waals surface area (Å²) in [5.74, 6) is -0.451. The first-order valence-corrected chi connectivity index (χ1v) is 4.67. The molecule has 15 heavy (non-hydrogen) atoms. The van der Waals surface area contributed by atoms with Gasteiger partial charge in [-0.1, -0.05) is 0 Å². The third-order valence-corrected chi connectivity index (χ3v) is 1.87. The van der Waals surface area contributed by atoms with Crippen molar-refractivity contribution < 1.29 is 14.7 Å². The maximum absolute atomic E-state index is 11.4. The Morgan fingerprint density at radius 3 is 2.53 bits per heavy atom. The van der Waals surface area contributed by atoms with Gasteiger partial charge in [-0.3, -0.25) is 9.59 Å². The van der Waals surface area contributed by atoms with Crippen LogP contribution in [-0.4, -0.2) is 34.4 Å². The maximum atomic E-state index is 11.4. The van der Waals surface area contributed by atoms with Crippen LogP contribution in [0.5, 0.6) is 0 Å². The smallest absolute Gasteiger partial charge is 0.267 e. The predicted octanol–water partition coefficient (Wildman–Crippen LogP) is 0.328. The van der Waals surface area contributed by atoms with Crippen molar-refractivity contribution in [1.29, 1.82) is 0 Å². The van der Waals surface area contributed by atoms with Gasteiger partial charge in [0.2, 0.25) is 0 Å². The molecule has 1 aromatic heterocycles. The number of rotatable bonds is 4. The van der Waals surface area contributed by atoms with Gasteiger partial charge in [0, 0.05) is 13.5 Å². The van der Waals surface area contributed by atoms with Gasteiger partial charge in [-0.25, -0.2) is 0 Å².